The minimum atomic E-state index is -0.262. The van der Waals surface area contributed by atoms with Crippen LogP contribution in [0.5, 0.6) is 5.88 Å². The molecule has 0 saturated carbocycles. The van der Waals surface area contributed by atoms with Crippen LogP contribution >= 0.6 is 55.8 Å². The zero-order valence-corrected chi connectivity index (χ0v) is 15.0. The van der Waals surface area contributed by atoms with Crippen molar-refractivity contribution in [1.82, 2.24) is 9.78 Å². The first-order chi connectivity index (χ1) is 9.95. The van der Waals surface area contributed by atoms with Crippen LogP contribution in [-0.4, -0.2) is 15.6 Å². The Kier molecular flexibility index (Phi) is 5.79. The molecule has 0 saturated heterocycles. The fourth-order valence-corrected chi connectivity index (χ4v) is 3.19. The molecule has 0 fully saturated rings. The predicted molar refractivity (Wildman–Crippen MR) is 92.6 cm³/mol. The van der Waals surface area contributed by atoms with E-state index < -0.39 is 0 Å². The molecule has 0 bridgehead atoms. The summed E-state index contributed by atoms with van der Waals surface area (Å²) in [4.78, 5) is 12.7. The molecule has 2 aromatic rings. The molecule has 0 aliphatic heterocycles. The average Bonchev–Trinajstić information content (AvgIpc) is 2.70. The average molecular weight is 381 g/mol. The zero-order chi connectivity index (χ0) is 15.6. The first-order valence-corrected chi connectivity index (χ1v) is 9.52. The lowest BCUT2D eigenvalue weighted by Gasteiger charge is -2.07. The minimum absolute atomic E-state index is 0.262. The molecule has 0 N–H and O–H groups in total. The molecule has 1 aromatic heterocycles. The van der Waals surface area contributed by atoms with Crippen molar-refractivity contribution in [2.45, 2.75) is 6.92 Å². The van der Waals surface area contributed by atoms with Gasteiger partial charge in [0.05, 0.1) is 10.7 Å². The molecular formula is C12H10Cl2N2O2S3. The molecule has 0 aliphatic carbocycles. The molecule has 0 radical (unpaired) electrons. The molecule has 0 unspecified atom stereocenters. The van der Waals surface area contributed by atoms with Gasteiger partial charge in [-0.05, 0) is 25.1 Å². The molecule has 0 spiro atoms. The van der Waals surface area contributed by atoms with E-state index in [1.165, 1.54) is 10.7 Å². The lowest BCUT2D eigenvalue weighted by molar-refractivity contribution is 0.103. The highest BCUT2D eigenvalue weighted by atomic mass is 35.5. The molecule has 112 valence electrons. The van der Waals surface area contributed by atoms with E-state index in [1.54, 1.807) is 26.1 Å². The van der Waals surface area contributed by atoms with Crippen LogP contribution in [0.4, 0.5) is 0 Å². The monoisotopic (exact) mass is 380 g/mol. The number of carbonyl (C=O) groups excluding carboxylic acids is 1. The van der Waals surface area contributed by atoms with Crippen LogP contribution in [0.3, 0.4) is 0 Å². The summed E-state index contributed by atoms with van der Waals surface area (Å²) >= 11 is 17.0. The highest BCUT2D eigenvalue weighted by Gasteiger charge is 2.25. The van der Waals surface area contributed by atoms with Crippen molar-refractivity contribution >= 4 is 61.5 Å². The molecule has 4 nitrogen and oxygen atoms in total. The van der Waals surface area contributed by atoms with E-state index in [4.69, 9.17) is 27.4 Å². The molecule has 1 aromatic carbocycles. The van der Waals surface area contributed by atoms with Gasteiger partial charge < -0.3 is 4.18 Å². The van der Waals surface area contributed by atoms with Gasteiger partial charge in [0.25, 0.3) is 0 Å². The Hall–Kier alpha value is -0.470. The predicted octanol–water partition coefficient (Wildman–Crippen LogP) is 4.79. The number of hydrogen-bond acceptors (Lipinski definition) is 6. The third-order valence-corrected chi connectivity index (χ3v) is 4.48. The van der Waals surface area contributed by atoms with Gasteiger partial charge in [-0.15, -0.1) is 0 Å². The molecule has 0 amide bonds. The number of ketones is 1. The molecular weight excluding hydrogens is 371 g/mol. The van der Waals surface area contributed by atoms with E-state index in [1.807, 2.05) is 0 Å². The van der Waals surface area contributed by atoms with Gasteiger partial charge in [-0.3, -0.25) is 4.79 Å². The largest absolute Gasteiger partial charge is 0.393 e. The number of carbonyl (C=O) groups is 1. The smallest absolute Gasteiger partial charge is 0.239 e. The van der Waals surface area contributed by atoms with E-state index in [2.05, 4.69) is 16.8 Å². The van der Waals surface area contributed by atoms with E-state index >= 15 is 0 Å². The summed E-state index contributed by atoms with van der Waals surface area (Å²) in [5.74, 6) is 0.0945. The normalized spacial score (nSPS) is 10.7. The molecule has 2 rings (SSSR count). The van der Waals surface area contributed by atoms with Crippen molar-refractivity contribution in [1.29, 1.82) is 0 Å². The van der Waals surface area contributed by atoms with Gasteiger partial charge in [0.15, 0.2) is 0 Å². The van der Waals surface area contributed by atoms with E-state index in [9.17, 15) is 4.79 Å². The second-order valence-electron chi connectivity index (χ2n) is 4.07. The van der Waals surface area contributed by atoms with Gasteiger partial charge in [0, 0.05) is 27.5 Å². The lowest BCUT2D eigenvalue weighted by atomic mass is 10.0. The number of thiol groups is 1. The summed E-state index contributed by atoms with van der Waals surface area (Å²) in [6, 6.07) is 4.73. The molecule has 1 heterocycles. The maximum absolute atomic E-state index is 12.7. The van der Waals surface area contributed by atoms with Gasteiger partial charge in [-0.1, -0.05) is 34.9 Å². The summed E-state index contributed by atoms with van der Waals surface area (Å²) in [6.45, 7) is 1.74. The standard InChI is InChI=1S/C12H10Cl2N2O2S3/c1-6-10(12(16(2)15-6)18-20-21-19)11(17)8-4-3-7(13)5-9(8)14/h3-5,19H,1-2H3. The quantitative estimate of drug-likeness (QED) is 0.349. The van der Waals surface area contributed by atoms with Gasteiger partial charge in [-0.2, -0.15) is 5.10 Å². The third kappa shape index (κ3) is 3.65. The summed E-state index contributed by atoms with van der Waals surface area (Å²) in [5.41, 5.74) is 1.29. The van der Waals surface area contributed by atoms with E-state index in [0.29, 0.717) is 27.7 Å². The molecule has 0 atom stereocenters. The number of nitrogens with zero attached hydrogens (tertiary/aromatic N) is 2. The van der Waals surface area contributed by atoms with Crippen molar-refractivity contribution in [3.8, 4) is 5.88 Å². The summed E-state index contributed by atoms with van der Waals surface area (Å²) in [5, 5.41) is 4.97. The van der Waals surface area contributed by atoms with Crippen molar-refractivity contribution in [3.63, 3.8) is 0 Å². The summed E-state index contributed by atoms with van der Waals surface area (Å²) < 4.78 is 6.96. The number of rotatable bonds is 5. The fourth-order valence-electron chi connectivity index (χ4n) is 1.85. The van der Waals surface area contributed by atoms with Crippen LogP contribution in [0, 0.1) is 6.92 Å². The summed E-state index contributed by atoms with van der Waals surface area (Å²) in [6.07, 6.45) is 0. The van der Waals surface area contributed by atoms with E-state index in [-0.39, 0.29) is 10.8 Å². The van der Waals surface area contributed by atoms with Gasteiger partial charge in [0.1, 0.15) is 16.6 Å². The molecule has 0 aliphatic rings. The number of hydrogen-bond donors (Lipinski definition) is 1. The number of halogens is 2. The Labute approximate surface area is 144 Å². The second kappa shape index (κ2) is 7.19. The number of aryl methyl sites for hydroxylation is 2. The van der Waals surface area contributed by atoms with Crippen LogP contribution in [0.1, 0.15) is 21.6 Å². The highest BCUT2D eigenvalue weighted by Crippen LogP contribution is 2.34. The van der Waals surface area contributed by atoms with Crippen LogP contribution in [0.2, 0.25) is 10.0 Å². The fraction of sp³-hybridized carbons (Fsp3) is 0.167. The Morgan fingerprint density at radius 1 is 1.43 bits per heavy atom. The lowest BCUT2D eigenvalue weighted by Crippen LogP contribution is -2.05. The zero-order valence-electron chi connectivity index (χ0n) is 11.0. The molecule has 9 heteroatoms. The Morgan fingerprint density at radius 3 is 2.76 bits per heavy atom. The topological polar surface area (TPSA) is 44.1 Å². The third-order valence-electron chi connectivity index (χ3n) is 2.72. The number of benzene rings is 1. The van der Waals surface area contributed by atoms with Gasteiger partial charge in [0.2, 0.25) is 11.7 Å². The first kappa shape index (κ1) is 16.9. The minimum Gasteiger partial charge on any atom is -0.393 e. The number of aromatic nitrogens is 2. The van der Waals surface area contributed by atoms with Crippen molar-refractivity contribution < 1.29 is 8.98 Å². The second-order valence-corrected chi connectivity index (χ2v) is 7.56. The summed E-state index contributed by atoms with van der Waals surface area (Å²) in [7, 11) is 2.83. The Bertz CT molecular complexity index is 691. The van der Waals surface area contributed by atoms with Gasteiger partial charge >= 0.3 is 0 Å². The Morgan fingerprint density at radius 2 is 2.14 bits per heavy atom. The van der Waals surface area contributed by atoms with Crippen LogP contribution in [-0.2, 0) is 7.05 Å². The Balaban J connectivity index is 2.47. The van der Waals surface area contributed by atoms with E-state index in [0.717, 1.165) is 20.9 Å². The van der Waals surface area contributed by atoms with Crippen LogP contribution < -0.4 is 4.18 Å². The van der Waals surface area contributed by atoms with Crippen LogP contribution in [0.25, 0.3) is 0 Å². The highest BCUT2D eigenvalue weighted by molar-refractivity contribution is 9.04. The van der Waals surface area contributed by atoms with Crippen LogP contribution in [0.15, 0.2) is 18.2 Å². The van der Waals surface area contributed by atoms with Crippen molar-refractivity contribution in [3.05, 3.63) is 45.1 Å². The molecule has 21 heavy (non-hydrogen) atoms. The van der Waals surface area contributed by atoms with Crippen molar-refractivity contribution in [2.75, 3.05) is 0 Å². The SMILES string of the molecule is Cc1nn(C)c(OSSS)c1C(=O)c1ccc(Cl)cc1Cl. The maximum Gasteiger partial charge on any atom is 0.239 e. The first-order valence-electron chi connectivity index (χ1n) is 5.63. The van der Waals surface area contributed by atoms with Gasteiger partial charge in [-0.25, -0.2) is 4.68 Å². The van der Waals surface area contributed by atoms with Crippen molar-refractivity contribution in [2.24, 2.45) is 7.05 Å². The maximum atomic E-state index is 12.7.